The zero-order valence-electron chi connectivity index (χ0n) is 16.4. The third-order valence-electron chi connectivity index (χ3n) is 6.26. The quantitative estimate of drug-likeness (QED) is 0.649. The highest BCUT2D eigenvalue weighted by molar-refractivity contribution is 6.05. The van der Waals surface area contributed by atoms with Crippen molar-refractivity contribution in [2.24, 2.45) is 0 Å². The number of rotatable bonds is 2. The van der Waals surface area contributed by atoms with Crippen LogP contribution in [0.1, 0.15) is 28.8 Å². The van der Waals surface area contributed by atoms with Crippen LogP contribution < -0.4 is 4.74 Å². The predicted octanol–water partition coefficient (Wildman–Crippen LogP) is 4.44. The van der Waals surface area contributed by atoms with Crippen molar-refractivity contribution in [3.63, 3.8) is 0 Å². The second-order valence-corrected chi connectivity index (χ2v) is 7.98. The van der Waals surface area contributed by atoms with Crippen molar-refractivity contribution in [2.75, 3.05) is 20.1 Å². The van der Waals surface area contributed by atoms with Crippen LogP contribution in [0.2, 0.25) is 0 Å². The van der Waals surface area contributed by atoms with E-state index >= 15 is 0 Å². The molecule has 5 heteroatoms. The van der Waals surface area contributed by atoms with Crippen molar-refractivity contribution >= 4 is 16.7 Å². The lowest BCUT2D eigenvalue weighted by molar-refractivity contribution is -0.101. The van der Waals surface area contributed by atoms with Crippen LogP contribution in [0.15, 0.2) is 60.7 Å². The molecule has 1 fully saturated rings. The van der Waals surface area contributed by atoms with Crippen LogP contribution in [0.3, 0.4) is 0 Å². The Kier molecular flexibility index (Phi) is 4.28. The van der Waals surface area contributed by atoms with E-state index in [0.29, 0.717) is 29.5 Å². The van der Waals surface area contributed by atoms with Crippen molar-refractivity contribution in [3.05, 3.63) is 77.6 Å². The molecule has 2 aliphatic rings. The Bertz CT molecular complexity index is 1070. The maximum absolute atomic E-state index is 13.9. The predicted molar refractivity (Wildman–Crippen MR) is 110 cm³/mol. The molecule has 2 aliphatic heterocycles. The normalized spacial score (nSPS) is 18.7. The molecule has 1 spiro atoms. The number of likely N-dealkylation sites (tertiary alicyclic amines) is 1. The van der Waals surface area contributed by atoms with Gasteiger partial charge in [0.05, 0.1) is 5.56 Å². The lowest BCUT2D eigenvalue weighted by Crippen LogP contribution is -2.61. The molecule has 0 bridgehead atoms. The Labute approximate surface area is 169 Å². The van der Waals surface area contributed by atoms with E-state index in [1.807, 2.05) is 19.2 Å². The van der Waals surface area contributed by atoms with Gasteiger partial charge in [-0.2, -0.15) is 0 Å². The van der Waals surface area contributed by atoms with Gasteiger partial charge in [0.2, 0.25) is 0 Å². The summed E-state index contributed by atoms with van der Waals surface area (Å²) in [4.78, 5) is 17.3. The Balaban J connectivity index is 1.44. The first-order chi connectivity index (χ1) is 14.1. The first kappa shape index (κ1) is 18.1. The lowest BCUT2D eigenvalue weighted by atomic mass is 9.93. The van der Waals surface area contributed by atoms with Gasteiger partial charge in [0, 0.05) is 44.9 Å². The van der Waals surface area contributed by atoms with Crippen LogP contribution in [-0.4, -0.2) is 41.6 Å². The van der Waals surface area contributed by atoms with Gasteiger partial charge >= 0.3 is 0 Å². The number of piperidine rings is 1. The topological polar surface area (TPSA) is 32.8 Å². The number of ether oxygens (including phenoxy) is 1. The van der Waals surface area contributed by atoms with Crippen LogP contribution in [0.5, 0.6) is 5.75 Å². The number of nitrogens with zero attached hydrogens (tertiary/aromatic N) is 2. The minimum Gasteiger partial charge on any atom is -0.466 e. The minimum atomic E-state index is -0.683. The number of benzene rings is 3. The molecular weight excluding hydrogens is 367 g/mol. The number of carbonyl (C=O) groups excluding carboxylic acids is 1. The Morgan fingerprint density at radius 3 is 2.52 bits per heavy atom. The molecule has 2 heterocycles. The average molecular weight is 390 g/mol. The fourth-order valence-electron chi connectivity index (χ4n) is 4.51. The molecule has 0 N–H and O–H groups in total. The molecular formula is C24H23FN2O2. The fraction of sp³-hybridized carbons (Fsp3) is 0.292. The fourth-order valence-corrected chi connectivity index (χ4v) is 4.51. The standard InChI is InChI=1S/C24H23FN2O2/c1-26-23(28)20-10-8-18-7-9-19(25)15-21(18)22(20)29-24(26)11-13-27(14-12-24)16-17-5-3-2-4-6-17/h2-10,15H,11-14,16H2,1H3. The van der Waals surface area contributed by atoms with Gasteiger partial charge in [-0.1, -0.05) is 42.5 Å². The molecule has 1 amide bonds. The van der Waals surface area contributed by atoms with E-state index < -0.39 is 5.72 Å². The van der Waals surface area contributed by atoms with Crippen molar-refractivity contribution in [1.82, 2.24) is 9.80 Å². The first-order valence-electron chi connectivity index (χ1n) is 10.0. The zero-order chi connectivity index (χ0) is 20.0. The summed E-state index contributed by atoms with van der Waals surface area (Å²) >= 11 is 0. The van der Waals surface area contributed by atoms with Crippen LogP contribution in [0, 0.1) is 5.82 Å². The van der Waals surface area contributed by atoms with E-state index in [0.717, 1.165) is 25.0 Å². The summed E-state index contributed by atoms with van der Waals surface area (Å²) < 4.78 is 20.4. The van der Waals surface area contributed by atoms with Crippen LogP contribution in [0.25, 0.3) is 10.8 Å². The molecule has 29 heavy (non-hydrogen) atoms. The van der Waals surface area contributed by atoms with E-state index in [9.17, 15) is 9.18 Å². The molecule has 3 aromatic rings. The summed E-state index contributed by atoms with van der Waals surface area (Å²) in [7, 11) is 1.81. The third-order valence-corrected chi connectivity index (χ3v) is 6.26. The van der Waals surface area contributed by atoms with Gasteiger partial charge < -0.3 is 9.64 Å². The number of fused-ring (bicyclic) bond motifs is 3. The molecule has 0 atom stereocenters. The summed E-state index contributed by atoms with van der Waals surface area (Å²) in [5.41, 5.74) is 1.10. The molecule has 0 aromatic heterocycles. The zero-order valence-corrected chi connectivity index (χ0v) is 16.4. The van der Waals surface area contributed by atoms with Crippen molar-refractivity contribution in [2.45, 2.75) is 25.1 Å². The van der Waals surface area contributed by atoms with Crippen LogP contribution >= 0.6 is 0 Å². The minimum absolute atomic E-state index is 0.0612. The van der Waals surface area contributed by atoms with Crippen molar-refractivity contribution in [3.8, 4) is 5.75 Å². The highest BCUT2D eigenvalue weighted by Gasteiger charge is 2.47. The van der Waals surface area contributed by atoms with Crippen LogP contribution in [0.4, 0.5) is 4.39 Å². The monoisotopic (exact) mass is 390 g/mol. The molecule has 0 unspecified atom stereocenters. The molecule has 1 saturated heterocycles. The Morgan fingerprint density at radius 2 is 1.76 bits per heavy atom. The highest BCUT2D eigenvalue weighted by atomic mass is 19.1. The van der Waals surface area contributed by atoms with Gasteiger partial charge in [0.25, 0.3) is 5.91 Å². The number of hydrogen-bond donors (Lipinski definition) is 0. The number of carbonyl (C=O) groups is 1. The van der Waals surface area contributed by atoms with E-state index in [4.69, 9.17) is 4.74 Å². The second-order valence-electron chi connectivity index (χ2n) is 7.98. The molecule has 0 radical (unpaired) electrons. The summed E-state index contributed by atoms with van der Waals surface area (Å²) in [6.07, 6.45) is 1.43. The first-order valence-corrected chi connectivity index (χ1v) is 10.0. The van der Waals surface area contributed by atoms with Gasteiger partial charge in [0.15, 0.2) is 5.72 Å². The van der Waals surface area contributed by atoms with Gasteiger partial charge in [-0.3, -0.25) is 9.69 Å². The molecule has 0 aliphatic carbocycles. The number of halogens is 1. The molecule has 0 saturated carbocycles. The largest absolute Gasteiger partial charge is 0.466 e. The van der Waals surface area contributed by atoms with E-state index in [2.05, 4.69) is 29.2 Å². The lowest BCUT2D eigenvalue weighted by Gasteiger charge is -2.49. The summed E-state index contributed by atoms with van der Waals surface area (Å²) in [5, 5.41) is 1.54. The molecule has 4 nitrogen and oxygen atoms in total. The molecule has 5 rings (SSSR count). The summed E-state index contributed by atoms with van der Waals surface area (Å²) in [6, 6.07) is 18.7. The van der Waals surface area contributed by atoms with Gasteiger partial charge in [-0.05, 0) is 29.1 Å². The maximum atomic E-state index is 13.9. The molecule has 3 aromatic carbocycles. The smallest absolute Gasteiger partial charge is 0.260 e. The van der Waals surface area contributed by atoms with Gasteiger partial charge in [-0.25, -0.2) is 4.39 Å². The Morgan fingerprint density at radius 1 is 1.03 bits per heavy atom. The average Bonchev–Trinajstić information content (AvgIpc) is 2.74. The van der Waals surface area contributed by atoms with Gasteiger partial charge in [0.1, 0.15) is 11.6 Å². The summed E-state index contributed by atoms with van der Waals surface area (Å²) in [6.45, 7) is 2.56. The second kappa shape index (κ2) is 6.85. The molecule has 148 valence electrons. The van der Waals surface area contributed by atoms with Crippen molar-refractivity contribution < 1.29 is 13.9 Å². The van der Waals surface area contributed by atoms with E-state index in [1.54, 1.807) is 17.0 Å². The van der Waals surface area contributed by atoms with Gasteiger partial charge in [-0.15, -0.1) is 0 Å². The number of amides is 1. The maximum Gasteiger partial charge on any atom is 0.260 e. The Hall–Kier alpha value is -2.92. The number of hydrogen-bond acceptors (Lipinski definition) is 3. The van der Waals surface area contributed by atoms with E-state index in [-0.39, 0.29) is 11.7 Å². The van der Waals surface area contributed by atoms with Crippen LogP contribution in [-0.2, 0) is 6.54 Å². The third kappa shape index (κ3) is 3.06. The highest BCUT2D eigenvalue weighted by Crippen LogP contribution is 2.42. The summed E-state index contributed by atoms with van der Waals surface area (Å²) in [5.74, 6) is 0.128. The van der Waals surface area contributed by atoms with Crippen molar-refractivity contribution in [1.29, 1.82) is 0 Å². The SMILES string of the molecule is CN1C(=O)c2ccc3ccc(F)cc3c2OC12CCN(Cc1ccccc1)CC2. The van der Waals surface area contributed by atoms with E-state index in [1.165, 1.54) is 17.7 Å².